The average molecular weight is 353 g/mol. The molecule has 3 nitrogen and oxygen atoms in total. The molecule has 0 saturated carbocycles. The van der Waals surface area contributed by atoms with Gasteiger partial charge in [-0.2, -0.15) is 4.98 Å². The molecule has 0 fully saturated rings. The fourth-order valence-electron chi connectivity index (χ4n) is 2.93. The Bertz CT molecular complexity index is 955. The highest BCUT2D eigenvalue weighted by molar-refractivity contribution is 9.10. The minimum Gasteiger partial charge on any atom is -0.325 e. The highest BCUT2D eigenvalue weighted by atomic mass is 79.9. The number of fused-ring (bicyclic) bond motifs is 3. The normalized spacial score (nSPS) is 15.4. The van der Waals surface area contributed by atoms with E-state index in [1.54, 1.807) is 0 Å². The zero-order valence-corrected chi connectivity index (χ0v) is 13.4. The third-order valence-corrected chi connectivity index (χ3v) is 4.52. The molecule has 0 radical (unpaired) electrons. The van der Waals surface area contributed by atoms with Crippen LogP contribution in [0.15, 0.2) is 57.8 Å². The van der Waals surface area contributed by atoms with Crippen molar-refractivity contribution in [3.63, 3.8) is 0 Å². The second-order valence-corrected chi connectivity index (χ2v) is 6.30. The Kier molecular flexibility index (Phi) is 3.19. The molecule has 0 saturated heterocycles. The van der Waals surface area contributed by atoms with Crippen LogP contribution in [0.4, 0.5) is 0 Å². The number of aromatic nitrogens is 2. The summed E-state index contributed by atoms with van der Waals surface area (Å²) < 4.78 is 3.20. The van der Waals surface area contributed by atoms with E-state index >= 15 is 0 Å². The van der Waals surface area contributed by atoms with Crippen LogP contribution in [0.2, 0.25) is 0 Å². The van der Waals surface area contributed by atoms with Gasteiger partial charge < -0.3 is 4.57 Å². The lowest BCUT2D eigenvalue weighted by atomic mass is 10.1. The highest BCUT2D eigenvalue weighted by Gasteiger charge is 2.20. The summed E-state index contributed by atoms with van der Waals surface area (Å²) in [6.07, 6.45) is 3.02. The Morgan fingerprint density at radius 1 is 1.09 bits per heavy atom. The van der Waals surface area contributed by atoms with Crippen molar-refractivity contribution >= 4 is 38.5 Å². The van der Waals surface area contributed by atoms with E-state index in [4.69, 9.17) is 0 Å². The van der Waals surface area contributed by atoms with E-state index in [-0.39, 0.29) is 5.56 Å². The maximum atomic E-state index is 12.2. The number of hydrogen-bond acceptors (Lipinski definition) is 2. The molecule has 108 valence electrons. The summed E-state index contributed by atoms with van der Waals surface area (Å²) in [4.78, 5) is 16.5. The monoisotopic (exact) mass is 352 g/mol. The van der Waals surface area contributed by atoms with Crippen LogP contribution >= 0.6 is 15.9 Å². The summed E-state index contributed by atoms with van der Waals surface area (Å²) in [5.41, 5.74) is 3.06. The number of halogens is 1. The van der Waals surface area contributed by atoms with Crippen LogP contribution in [0.5, 0.6) is 0 Å². The number of allylic oxidation sites excluding steroid dienone is 1. The first-order valence-electron chi connectivity index (χ1n) is 7.18. The summed E-state index contributed by atoms with van der Waals surface area (Å²) in [5, 5.41) is 0.691. The number of rotatable bonds is 1. The van der Waals surface area contributed by atoms with Gasteiger partial charge in [-0.3, -0.25) is 4.79 Å². The van der Waals surface area contributed by atoms with Gasteiger partial charge in [0.05, 0.1) is 10.9 Å². The molecule has 0 N–H and O–H groups in total. The van der Waals surface area contributed by atoms with Gasteiger partial charge >= 0.3 is 0 Å². The third-order valence-electron chi connectivity index (χ3n) is 3.99. The maximum Gasteiger partial charge on any atom is 0.281 e. The van der Waals surface area contributed by atoms with Gasteiger partial charge in [-0.25, -0.2) is 0 Å². The first-order valence-corrected chi connectivity index (χ1v) is 7.98. The molecule has 4 heteroatoms. The Morgan fingerprint density at radius 2 is 1.86 bits per heavy atom. The average Bonchev–Trinajstić information content (AvgIpc) is 2.93. The van der Waals surface area contributed by atoms with Gasteiger partial charge in [-0.1, -0.05) is 40.2 Å². The molecule has 0 unspecified atom stereocenters. The Morgan fingerprint density at radius 3 is 2.68 bits per heavy atom. The van der Waals surface area contributed by atoms with Crippen molar-refractivity contribution in [1.82, 2.24) is 9.55 Å². The summed E-state index contributed by atoms with van der Waals surface area (Å²) in [6, 6.07) is 15.8. The summed E-state index contributed by atoms with van der Waals surface area (Å²) >= 11 is 3.44. The minimum absolute atomic E-state index is 0.148. The minimum atomic E-state index is -0.148. The van der Waals surface area contributed by atoms with E-state index in [1.807, 2.05) is 36.4 Å². The van der Waals surface area contributed by atoms with E-state index in [9.17, 15) is 4.79 Å². The number of aryl methyl sites for hydroxylation is 1. The molecule has 1 aliphatic heterocycles. The highest BCUT2D eigenvalue weighted by Crippen LogP contribution is 2.29. The van der Waals surface area contributed by atoms with Gasteiger partial charge in [0.25, 0.3) is 5.56 Å². The third kappa shape index (κ3) is 2.20. The largest absolute Gasteiger partial charge is 0.325 e. The zero-order valence-electron chi connectivity index (χ0n) is 11.8. The summed E-state index contributed by atoms with van der Waals surface area (Å²) in [7, 11) is 0. The van der Waals surface area contributed by atoms with Gasteiger partial charge in [-0.15, -0.1) is 0 Å². The summed E-state index contributed by atoms with van der Waals surface area (Å²) in [5.74, 6) is 0.798. The van der Waals surface area contributed by atoms with Crippen molar-refractivity contribution in [2.24, 2.45) is 0 Å². The molecule has 1 aliphatic rings. The van der Waals surface area contributed by atoms with Crippen molar-refractivity contribution in [3.05, 3.63) is 74.7 Å². The lowest BCUT2D eigenvalue weighted by molar-refractivity contribution is 0.772. The maximum absolute atomic E-state index is 12.2. The molecule has 22 heavy (non-hydrogen) atoms. The van der Waals surface area contributed by atoms with E-state index in [2.05, 4.69) is 43.7 Å². The molecular weight excluding hydrogens is 340 g/mol. The Labute approximate surface area is 136 Å². The van der Waals surface area contributed by atoms with Crippen LogP contribution in [-0.2, 0) is 6.54 Å². The van der Waals surface area contributed by atoms with Gasteiger partial charge in [0.1, 0.15) is 5.82 Å². The fourth-order valence-corrected chi connectivity index (χ4v) is 3.20. The Hall–Kier alpha value is -2.20. The van der Waals surface area contributed by atoms with E-state index < -0.39 is 0 Å². The SMILES string of the molecule is O=c1nc2n(c3ccccc13)CCC2=Cc1ccc(Br)cc1. The van der Waals surface area contributed by atoms with Crippen LogP contribution in [-0.4, -0.2) is 9.55 Å². The van der Waals surface area contributed by atoms with E-state index in [1.165, 1.54) is 0 Å². The lowest BCUT2D eigenvalue weighted by Gasteiger charge is -2.07. The molecule has 2 heterocycles. The quantitative estimate of drug-likeness (QED) is 0.660. The molecule has 0 bridgehead atoms. The van der Waals surface area contributed by atoms with Gasteiger partial charge in [-0.05, 0) is 47.9 Å². The second kappa shape index (κ2) is 5.21. The van der Waals surface area contributed by atoms with Crippen molar-refractivity contribution in [1.29, 1.82) is 0 Å². The predicted octanol–water partition coefficient (Wildman–Crippen LogP) is 4.10. The smallest absolute Gasteiger partial charge is 0.281 e. The number of benzene rings is 2. The van der Waals surface area contributed by atoms with Gasteiger partial charge in [0.2, 0.25) is 0 Å². The molecule has 0 aliphatic carbocycles. The van der Waals surface area contributed by atoms with Crippen molar-refractivity contribution in [2.75, 3.05) is 0 Å². The zero-order chi connectivity index (χ0) is 15.1. The lowest BCUT2D eigenvalue weighted by Crippen LogP contribution is -2.14. The van der Waals surface area contributed by atoms with Crippen LogP contribution in [0.1, 0.15) is 17.8 Å². The molecule has 0 amide bonds. The van der Waals surface area contributed by atoms with Gasteiger partial charge in [0.15, 0.2) is 0 Å². The van der Waals surface area contributed by atoms with Crippen LogP contribution in [0.25, 0.3) is 22.6 Å². The topological polar surface area (TPSA) is 34.9 Å². The molecule has 3 aromatic rings. The standard InChI is InChI=1S/C18H13BrN2O/c19-14-7-5-12(6-8-14)11-13-9-10-21-16-4-2-1-3-15(16)18(22)20-17(13)21/h1-8,11H,9-10H2. The van der Waals surface area contributed by atoms with Crippen molar-refractivity contribution in [2.45, 2.75) is 13.0 Å². The van der Waals surface area contributed by atoms with Gasteiger partial charge in [0, 0.05) is 11.0 Å². The molecular formula is C18H13BrN2O. The first-order chi connectivity index (χ1) is 10.7. The Balaban J connectivity index is 1.89. The van der Waals surface area contributed by atoms with Crippen molar-refractivity contribution < 1.29 is 0 Å². The molecule has 1 aromatic heterocycles. The van der Waals surface area contributed by atoms with Crippen LogP contribution in [0.3, 0.4) is 0 Å². The number of hydrogen-bond donors (Lipinski definition) is 0. The van der Waals surface area contributed by atoms with Crippen LogP contribution < -0.4 is 5.56 Å². The predicted molar refractivity (Wildman–Crippen MR) is 92.6 cm³/mol. The number of para-hydroxylation sites is 1. The second-order valence-electron chi connectivity index (χ2n) is 5.38. The first kappa shape index (κ1) is 13.5. The van der Waals surface area contributed by atoms with E-state index in [0.717, 1.165) is 39.9 Å². The fraction of sp³-hybridized carbons (Fsp3) is 0.111. The number of nitrogens with zero attached hydrogens (tertiary/aromatic N) is 2. The molecule has 4 rings (SSSR count). The molecule has 2 aromatic carbocycles. The molecule has 0 spiro atoms. The summed E-state index contributed by atoms with van der Waals surface area (Å²) in [6.45, 7) is 0.867. The molecule has 0 atom stereocenters. The van der Waals surface area contributed by atoms with Crippen LogP contribution in [0, 0.1) is 0 Å². The van der Waals surface area contributed by atoms with E-state index in [0.29, 0.717) is 5.39 Å². The van der Waals surface area contributed by atoms with Crippen molar-refractivity contribution in [3.8, 4) is 0 Å².